The van der Waals surface area contributed by atoms with Gasteiger partial charge < -0.3 is 5.32 Å². The van der Waals surface area contributed by atoms with Crippen LogP contribution in [-0.4, -0.2) is 0 Å². The van der Waals surface area contributed by atoms with Crippen molar-refractivity contribution in [1.29, 1.82) is 0 Å². The number of benzene rings is 2. The number of halogens is 1. The molecule has 0 saturated heterocycles. The van der Waals surface area contributed by atoms with Crippen LogP contribution in [0, 0.1) is 12.7 Å². The second kappa shape index (κ2) is 5.98. The quantitative estimate of drug-likeness (QED) is 0.847. The minimum absolute atomic E-state index is 0.117. The number of nitrogens with one attached hydrogen (secondary N) is 1. The highest BCUT2D eigenvalue weighted by Crippen LogP contribution is 2.20. The van der Waals surface area contributed by atoms with Crippen molar-refractivity contribution >= 4 is 0 Å². The Labute approximate surface area is 114 Å². The predicted octanol–water partition coefficient (Wildman–Crippen LogP) is 4.55. The third kappa shape index (κ3) is 3.65. The summed E-state index contributed by atoms with van der Waals surface area (Å²) in [4.78, 5) is 0. The van der Waals surface area contributed by atoms with Gasteiger partial charge in [-0.3, -0.25) is 0 Å². The Morgan fingerprint density at radius 3 is 2.05 bits per heavy atom. The Morgan fingerprint density at radius 2 is 1.47 bits per heavy atom. The lowest BCUT2D eigenvalue weighted by molar-refractivity contribution is 0.492. The van der Waals surface area contributed by atoms with Gasteiger partial charge >= 0.3 is 0 Å². The van der Waals surface area contributed by atoms with Crippen molar-refractivity contribution in [3.63, 3.8) is 0 Å². The molecule has 2 atom stereocenters. The SMILES string of the molecule is Cc1cccc(C(C)N[C@H](C)c2cccc(F)c2)c1. The molecule has 2 aromatic carbocycles. The molecule has 0 aromatic heterocycles. The molecular weight excluding hydrogens is 237 g/mol. The largest absolute Gasteiger partial charge is 0.304 e. The smallest absolute Gasteiger partial charge is 0.123 e. The molecule has 100 valence electrons. The van der Waals surface area contributed by atoms with Crippen LogP contribution in [0.25, 0.3) is 0 Å². The molecule has 1 unspecified atom stereocenters. The highest BCUT2D eigenvalue weighted by molar-refractivity contribution is 5.26. The van der Waals surface area contributed by atoms with Gasteiger partial charge in [-0.05, 0) is 44.0 Å². The standard InChI is InChI=1S/C17H20FN/c1-12-6-4-7-15(10-12)13(2)19-14(3)16-8-5-9-17(18)11-16/h4-11,13-14,19H,1-3H3/t13?,14-/m1/s1. The Morgan fingerprint density at radius 1 is 0.895 bits per heavy atom. The Balaban J connectivity index is 2.08. The summed E-state index contributed by atoms with van der Waals surface area (Å²) in [6.07, 6.45) is 0. The third-order valence-electron chi connectivity index (χ3n) is 3.39. The van der Waals surface area contributed by atoms with Crippen LogP contribution in [0.15, 0.2) is 48.5 Å². The first-order valence-corrected chi connectivity index (χ1v) is 6.64. The molecule has 0 aliphatic heterocycles. The second-order valence-corrected chi connectivity index (χ2v) is 5.08. The van der Waals surface area contributed by atoms with E-state index in [1.807, 2.05) is 6.07 Å². The maximum Gasteiger partial charge on any atom is 0.123 e. The highest BCUT2D eigenvalue weighted by Gasteiger charge is 2.11. The minimum atomic E-state index is -0.186. The Hall–Kier alpha value is -1.67. The summed E-state index contributed by atoms with van der Waals surface area (Å²) in [5.74, 6) is -0.186. The summed E-state index contributed by atoms with van der Waals surface area (Å²) >= 11 is 0. The van der Waals surface area contributed by atoms with Gasteiger partial charge in [-0.15, -0.1) is 0 Å². The zero-order valence-electron chi connectivity index (χ0n) is 11.7. The van der Waals surface area contributed by atoms with E-state index in [9.17, 15) is 4.39 Å². The van der Waals surface area contributed by atoms with Crippen LogP contribution in [0.4, 0.5) is 4.39 Å². The van der Waals surface area contributed by atoms with E-state index in [2.05, 4.69) is 50.4 Å². The molecule has 0 aliphatic carbocycles. The fourth-order valence-electron chi connectivity index (χ4n) is 2.28. The first-order valence-electron chi connectivity index (χ1n) is 6.64. The molecule has 0 fully saturated rings. The molecule has 0 heterocycles. The average molecular weight is 257 g/mol. The zero-order valence-corrected chi connectivity index (χ0v) is 11.7. The molecular formula is C17H20FN. The molecule has 2 rings (SSSR count). The van der Waals surface area contributed by atoms with Gasteiger partial charge in [0.2, 0.25) is 0 Å². The fourth-order valence-corrected chi connectivity index (χ4v) is 2.28. The van der Waals surface area contributed by atoms with Crippen molar-refractivity contribution in [2.45, 2.75) is 32.9 Å². The summed E-state index contributed by atoms with van der Waals surface area (Å²) < 4.78 is 13.2. The van der Waals surface area contributed by atoms with Crippen LogP contribution >= 0.6 is 0 Å². The lowest BCUT2D eigenvalue weighted by Gasteiger charge is -2.21. The molecule has 0 spiro atoms. The van der Waals surface area contributed by atoms with Gasteiger partial charge in [-0.2, -0.15) is 0 Å². The van der Waals surface area contributed by atoms with Crippen molar-refractivity contribution in [1.82, 2.24) is 5.32 Å². The van der Waals surface area contributed by atoms with Crippen molar-refractivity contribution in [2.24, 2.45) is 0 Å². The van der Waals surface area contributed by atoms with Gasteiger partial charge in [-0.25, -0.2) is 4.39 Å². The van der Waals surface area contributed by atoms with Crippen LogP contribution in [0.1, 0.15) is 42.6 Å². The summed E-state index contributed by atoms with van der Waals surface area (Å²) in [5, 5.41) is 3.50. The summed E-state index contributed by atoms with van der Waals surface area (Å²) in [6, 6.07) is 15.6. The first-order chi connectivity index (χ1) is 9.06. The molecule has 0 amide bonds. The number of hydrogen-bond donors (Lipinski definition) is 1. The average Bonchev–Trinajstić information content (AvgIpc) is 2.38. The van der Waals surface area contributed by atoms with Gasteiger partial charge in [0.1, 0.15) is 5.82 Å². The molecule has 19 heavy (non-hydrogen) atoms. The molecule has 1 N–H and O–H groups in total. The molecule has 0 saturated carbocycles. The van der Waals surface area contributed by atoms with E-state index < -0.39 is 0 Å². The first kappa shape index (κ1) is 13.8. The van der Waals surface area contributed by atoms with Crippen LogP contribution < -0.4 is 5.32 Å². The van der Waals surface area contributed by atoms with Crippen molar-refractivity contribution in [3.05, 3.63) is 71.0 Å². The molecule has 1 nitrogen and oxygen atoms in total. The van der Waals surface area contributed by atoms with E-state index in [0.717, 1.165) is 5.56 Å². The molecule has 0 aliphatic rings. The zero-order chi connectivity index (χ0) is 13.8. The van der Waals surface area contributed by atoms with E-state index in [0.29, 0.717) is 0 Å². The van der Waals surface area contributed by atoms with Crippen LogP contribution in [0.5, 0.6) is 0 Å². The van der Waals surface area contributed by atoms with Crippen LogP contribution in [0.2, 0.25) is 0 Å². The normalized spacial score (nSPS) is 14.1. The van der Waals surface area contributed by atoms with Crippen molar-refractivity contribution < 1.29 is 4.39 Å². The summed E-state index contributed by atoms with van der Waals surface area (Å²) in [5.41, 5.74) is 3.48. The van der Waals surface area contributed by atoms with Crippen molar-refractivity contribution in [2.75, 3.05) is 0 Å². The maximum atomic E-state index is 13.2. The number of rotatable bonds is 4. The minimum Gasteiger partial charge on any atom is -0.304 e. The monoisotopic (exact) mass is 257 g/mol. The van der Waals surface area contributed by atoms with Gasteiger partial charge in [0, 0.05) is 12.1 Å². The maximum absolute atomic E-state index is 13.2. The topological polar surface area (TPSA) is 12.0 Å². The van der Waals surface area contributed by atoms with Crippen LogP contribution in [-0.2, 0) is 0 Å². The Bertz CT molecular complexity index is 501. The number of hydrogen-bond acceptors (Lipinski definition) is 1. The molecule has 2 heteroatoms. The summed E-state index contributed by atoms with van der Waals surface area (Å²) in [6.45, 7) is 6.28. The lowest BCUT2D eigenvalue weighted by atomic mass is 10.0. The molecule has 2 aromatic rings. The highest BCUT2D eigenvalue weighted by atomic mass is 19.1. The van der Waals surface area contributed by atoms with Gasteiger partial charge in [0.15, 0.2) is 0 Å². The molecule has 0 bridgehead atoms. The van der Waals surface area contributed by atoms with E-state index in [1.54, 1.807) is 12.1 Å². The predicted molar refractivity (Wildman–Crippen MR) is 77.5 cm³/mol. The lowest BCUT2D eigenvalue weighted by Crippen LogP contribution is -2.22. The molecule has 0 radical (unpaired) electrons. The van der Waals surface area contributed by atoms with Gasteiger partial charge in [0.25, 0.3) is 0 Å². The fraction of sp³-hybridized carbons (Fsp3) is 0.294. The van der Waals surface area contributed by atoms with E-state index in [-0.39, 0.29) is 17.9 Å². The van der Waals surface area contributed by atoms with E-state index in [1.165, 1.54) is 17.2 Å². The van der Waals surface area contributed by atoms with Crippen LogP contribution in [0.3, 0.4) is 0 Å². The van der Waals surface area contributed by atoms with Gasteiger partial charge in [0.05, 0.1) is 0 Å². The van der Waals surface area contributed by atoms with Crippen molar-refractivity contribution in [3.8, 4) is 0 Å². The number of aryl methyl sites for hydroxylation is 1. The summed E-state index contributed by atoms with van der Waals surface area (Å²) in [7, 11) is 0. The third-order valence-corrected chi connectivity index (χ3v) is 3.39. The Kier molecular flexibility index (Phi) is 4.33. The van der Waals surface area contributed by atoms with E-state index >= 15 is 0 Å². The second-order valence-electron chi connectivity index (χ2n) is 5.08. The van der Waals surface area contributed by atoms with E-state index in [4.69, 9.17) is 0 Å². The van der Waals surface area contributed by atoms with Gasteiger partial charge in [-0.1, -0.05) is 42.0 Å².